The largest absolute Gasteiger partial charge is 0.396 e. The van der Waals surface area contributed by atoms with Gasteiger partial charge in [0, 0.05) is 11.8 Å². The van der Waals surface area contributed by atoms with Gasteiger partial charge in [-0.2, -0.15) is 0 Å². The predicted molar refractivity (Wildman–Crippen MR) is 54.3 cm³/mol. The highest BCUT2D eigenvalue weighted by Crippen LogP contribution is 2.19. The zero-order chi connectivity index (χ0) is 8.43. The lowest BCUT2D eigenvalue weighted by Gasteiger charge is -2.01. The molecule has 1 aromatic heterocycles. The third-order valence-corrected chi connectivity index (χ3v) is 2.18. The Morgan fingerprint density at radius 3 is 2.91 bits per heavy atom. The fourth-order valence-corrected chi connectivity index (χ4v) is 1.55. The first-order valence-electron chi connectivity index (χ1n) is 2.77. The lowest BCUT2D eigenvalue weighted by Crippen LogP contribution is -1.98. The van der Waals surface area contributed by atoms with Crippen molar-refractivity contribution >= 4 is 46.1 Å². The minimum Gasteiger partial charge on any atom is -0.396 e. The van der Waals surface area contributed by atoms with Crippen LogP contribution >= 0.6 is 34.2 Å². The number of nitrogens with zero attached hydrogens (tertiary/aromatic N) is 1. The topological polar surface area (TPSA) is 62.8 Å². The second-order valence-corrected chi connectivity index (χ2v) is 3.29. The van der Waals surface area contributed by atoms with Crippen molar-refractivity contribution in [1.82, 2.24) is 4.98 Å². The van der Waals surface area contributed by atoms with E-state index in [0.717, 1.165) is 6.21 Å². The van der Waals surface area contributed by atoms with E-state index in [0.29, 0.717) is 20.1 Å². The van der Waals surface area contributed by atoms with Crippen LogP contribution in [0, 0.1) is 9.11 Å². The summed E-state index contributed by atoms with van der Waals surface area (Å²) in [5, 5.41) is 7.35. The number of aromatic nitrogens is 1. The highest BCUT2D eigenvalue weighted by Gasteiger charge is 2.03. The van der Waals surface area contributed by atoms with Gasteiger partial charge in [0.25, 0.3) is 0 Å². The molecular weight excluding hydrogens is 276 g/mol. The van der Waals surface area contributed by atoms with Crippen LogP contribution in [0.3, 0.4) is 0 Å². The average molecular weight is 281 g/mol. The number of hydrogen-bond acceptors (Lipinski definition) is 3. The normalized spacial score (nSPS) is 9.64. The third-order valence-electron chi connectivity index (χ3n) is 1.17. The highest BCUT2D eigenvalue weighted by molar-refractivity contribution is 14.1. The second-order valence-electron chi connectivity index (χ2n) is 1.88. The summed E-state index contributed by atoms with van der Waals surface area (Å²) in [7, 11) is 0. The second kappa shape index (κ2) is 3.36. The van der Waals surface area contributed by atoms with E-state index in [9.17, 15) is 0 Å². The minimum absolute atomic E-state index is 0.363. The number of halogens is 2. The molecule has 0 saturated carbocycles. The fraction of sp³-hybridized carbons (Fsp3) is 0. The van der Waals surface area contributed by atoms with Gasteiger partial charge >= 0.3 is 0 Å². The van der Waals surface area contributed by atoms with Crippen LogP contribution in [0.25, 0.3) is 0 Å². The van der Waals surface area contributed by atoms with Crippen molar-refractivity contribution in [1.29, 1.82) is 5.41 Å². The summed E-state index contributed by atoms with van der Waals surface area (Å²) >= 11 is 7.60. The fourth-order valence-electron chi connectivity index (χ4n) is 0.631. The van der Waals surface area contributed by atoms with Crippen molar-refractivity contribution in [3.8, 4) is 0 Å². The van der Waals surface area contributed by atoms with Gasteiger partial charge in [0.05, 0.1) is 5.69 Å². The first-order chi connectivity index (χ1) is 5.15. The smallest absolute Gasteiger partial charge is 0.131 e. The first kappa shape index (κ1) is 8.73. The third kappa shape index (κ3) is 1.81. The van der Waals surface area contributed by atoms with E-state index in [1.54, 1.807) is 6.07 Å². The van der Waals surface area contributed by atoms with Crippen molar-refractivity contribution in [2.75, 3.05) is 5.73 Å². The number of nitrogens with one attached hydrogen (secondary N) is 1. The molecule has 0 aromatic carbocycles. The molecule has 0 atom stereocenters. The molecule has 0 aliphatic heterocycles. The molecule has 0 bridgehead atoms. The number of nitrogens with two attached hydrogens (primary N) is 1. The SMILES string of the molecule is N=Cc1cc(Cl)nc(I)c1N. The van der Waals surface area contributed by atoms with Gasteiger partial charge in [-0.3, -0.25) is 0 Å². The molecule has 0 unspecified atom stereocenters. The maximum absolute atomic E-state index is 6.98. The Hall–Kier alpha value is -0.360. The van der Waals surface area contributed by atoms with E-state index in [-0.39, 0.29) is 0 Å². The van der Waals surface area contributed by atoms with Gasteiger partial charge < -0.3 is 11.1 Å². The summed E-state index contributed by atoms with van der Waals surface area (Å²) in [6, 6.07) is 1.56. The van der Waals surface area contributed by atoms with Crippen molar-refractivity contribution in [2.45, 2.75) is 0 Å². The van der Waals surface area contributed by atoms with Crippen LogP contribution in [0.5, 0.6) is 0 Å². The molecule has 3 N–H and O–H groups in total. The maximum Gasteiger partial charge on any atom is 0.131 e. The summed E-state index contributed by atoms with van der Waals surface area (Å²) < 4.78 is 0.633. The van der Waals surface area contributed by atoms with E-state index >= 15 is 0 Å². The molecule has 0 radical (unpaired) electrons. The van der Waals surface area contributed by atoms with E-state index in [2.05, 4.69) is 4.98 Å². The Balaban J connectivity index is 3.35. The molecule has 11 heavy (non-hydrogen) atoms. The van der Waals surface area contributed by atoms with E-state index in [1.165, 1.54) is 0 Å². The Labute approximate surface area is 82.6 Å². The highest BCUT2D eigenvalue weighted by atomic mass is 127. The van der Waals surface area contributed by atoms with Gasteiger partial charge in [0.1, 0.15) is 8.85 Å². The van der Waals surface area contributed by atoms with Crippen molar-refractivity contribution in [2.24, 2.45) is 0 Å². The van der Waals surface area contributed by atoms with Gasteiger partial charge in [-0.1, -0.05) is 11.6 Å². The zero-order valence-corrected chi connectivity index (χ0v) is 8.35. The molecule has 1 rings (SSSR count). The number of rotatable bonds is 1. The van der Waals surface area contributed by atoms with Crippen LogP contribution in [-0.4, -0.2) is 11.2 Å². The Morgan fingerprint density at radius 2 is 2.36 bits per heavy atom. The van der Waals surface area contributed by atoms with Gasteiger partial charge in [-0.05, 0) is 28.7 Å². The van der Waals surface area contributed by atoms with Crippen LogP contribution in [0.15, 0.2) is 6.07 Å². The van der Waals surface area contributed by atoms with Crippen LogP contribution < -0.4 is 5.73 Å². The quantitative estimate of drug-likeness (QED) is 0.469. The average Bonchev–Trinajstić information content (AvgIpc) is 1.96. The Morgan fingerprint density at radius 1 is 1.73 bits per heavy atom. The van der Waals surface area contributed by atoms with Gasteiger partial charge in [0.15, 0.2) is 0 Å². The summed E-state index contributed by atoms with van der Waals surface area (Å²) in [4.78, 5) is 3.91. The first-order valence-corrected chi connectivity index (χ1v) is 4.23. The van der Waals surface area contributed by atoms with Crippen LogP contribution in [-0.2, 0) is 0 Å². The zero-order valence-electron chi connectivity index (χ0n) is 5.44. The molecule has 0 aliphatic carbocycles. The van der Waals surface area contributed by atoms with Gasteiger partial charge in [-0.15, -0.1) is 0 Å². The van der Waals surface area contributed by atoms with Crippen molar-refractivity contribution in [3.05, 3.63) is 20.5 Å². The van der Waals surface area contributed by atoms with Gasteiger partial charge in [0.2, 0.25) is 0 Å². The van der Waals surface area contributed by atoms with E-state index < -0.39 is 0 Å². The minimum atomic E-state index is 0.363. The molecular formula is C6H5ClIN3. The number of hydrogen-bond donors (Lipinski definition) is 2. The standard InChI is InChI=1S/C6H5ClIN3/c7-4-1-3(2-9)5(10)6(8)11-4/h1-2,9H,10H2. The van der Waals surface area contributed by atoms with Crippen molar-refractivity contribution in [3.63, 3.8) is 0 Å². The molecule has 5 heteroatoms. The van der Waals surface area contributed by atoms with E-state index in [4.69, 9.17) is 22.7 Å². The number of anilines is 1. The molecule has 0 amide bonds. The lowest BCUT2D eigenvalue weighted by atomic mass is 10.2. The molecule has 58 valence electrons. The monoisotopic (exact) mass is 281 g/mol. The number of nitrogen functional groups attached to an aromatic ring is 1. The lowest BCUT2D eigenvalue weighted by molar-refractivity contribution is 1.27. The molecule has 0 fully saturated rings. The van der Waals surface area contributed by atoms with Crippen molar-refractivity contribution < 1.29 is 0 Å². The summed E-state index contributed by atoms with van der Waals surface area (Å²) in [5.41, 5.74) is 6.69. The van der Waals surface area contributed by atoms with Crippen LogP contribution in [0.4, 0.5) is 5.69 Å². The maximum atomic E-state index is 6.98. The summed E-state index contributed by atoms with van der Waals surface area (Å²) in [5.74, 6) is 0. The number of pyridine rings is 1. The molecule has 1 heterocycles. The molecule has 0 aliphatic rings. The Bertz CT molecular complexity index is 300. The predicted octanol–water partition coefficient (Wildman–Crippen LogP) is 1.92. The Kier molecular flexibility index (Phi) is 2.67. The van der Waals surface area contributed by atoms with Crippen LogP contribution in [0.1, 0.15) is 5.56 Å². The molecule has 0 saturated heterocycles. The molecule has 1 aromatic rings. The van der Waals surface area contributed by atoms with Crippen LogP contribution in [0.2, 0.25) is 5.15 Å². The van der Waals surface area contributed by atoms with Gasteiger partial charge in [-0.25, -0.2) is 4.98 Å². The summed E-state index contributed by atoms with van der Waals surface area (Å²) in [6.07, 6.45) is 1.16. The molecule has 0 spiro atoms. The summed E-state index contributed by atoms with van der Waals surface area (Å²) in [6.45, 7) is 0. The van der Waals surface area contributed by atoms with E-state index in [1.807, 2.05) is 22.6 Å². The molecule has 3 nitrogen and oxygen atoms in total.